The molecule has 2 aromatic carbocycles. The molecule has 8 heteroatoms. The van der Waals surface area contributed by atoms with E-state index in [1.807, 2.05) is 0 Å². The quantitative estimate of drug-likeness (QED) is 0.351. The van der Waals surface area contributed by atoms with E-state index in [9.17, 15) is 8.78 Å². The van der Waals surface area contributed by atoms with Gasteiger partial charge in [0.15, 0.2) is 5.69 Å². The van der Waals surface area contributed by atoms with Gasteiger partial charge < -0.3 is 4.52 Å². The van der Waals surface area contributed by atoms with Gasteiger partial charge in [0.05, 0.1) is 10.9 Å². The van der Waals surface area contributed by atoms with Crippen LogP contribution in [-0.4, -0.2) is 15.1 Å². The molecule has 3 heterocycles. The molecule has 0 saturated heterocycles. The van der Waals surface area contributed by atoms with Crippen LogP contribution in [-0.2, 0) is 5.92 Å². The standard InChI is InChI=1S/C22H11F4N3O/c23-16-7-13(8-17(24)10-16)14-9-18-20(29-30-21(18)28-11-14)22(25,26)15-3-4-19-12(6-15)2-1-5-27-19/h1-11H. The fraction of sp³-hybridized carbons (Fsp3) is 0.0455. The van der Waals surface area contributed by atoms with Gasteiger partial charge in [-0.25, -0.2) is 13.8 Å². The van der Waals surface area contributed by atoms with Gasteiger partial charge in [-0.1, -0.05) is 17.3 Å². The van der Waals surface area contributed by atoms with Crippen LogP contribution in [0.2, 0.25) is 0 Å². The normalized spacial score (nSPS) is 12.0. The fourth-order valence-electron chi connectivity index (χ4n) is 3.35. The number of aromatic nitrogens is 3. The summed E-state index contributed by atoms with van der Waals surface area (Å²) in [7, 11) is 0. The zero-order chi connectivity index (χ0) is 20.9. The molecule has 3 aromatic heterocycles. The van der Waals surface area contributed by atoms with Gasteiger partial charge >= 0.3 is 5.92 Å². The second-order valence-electron chi connectivity index (χ2n) is 6.75. The third-order valence-electron chi connectivity index (χ3n) is 4.79. The topological polar surface area (TPSA) is 51.8 Å². The van der Waals surface area contributed by atoms with Crippen LogP contribution in [0.25, 0.3) is 33.1 Å². The average Bonchev–Trinajstić information content (AvgIpc) is 3.17. The van der Waals surface area contributed by atoms with Crippen molar-refractivity contribution in [3.05, 3.63) is 89.9 Å². The maximum absolute atomic E-state index is 15.4. The molecule has 0 atom stereocenters. The Morgan fingerprint density at radius 1 is 0.833 bits per heavy atom. The summed E-state index contributed by atoms with van der Waals surface area (Å²) in [6.45, 7) is 0. The van der Waals surface area contributed by atoms with Gasteiger partial charge in [-0.3, -0.25) is 4.98 Å². The predicted molar refractivity (Wildman–Crippen MR) is 102 cm³/mol. The van der Waals surface area contributed by atoms with Crippen molar-refractivity contribution in [3.8, 4) is 11.1 Å². The highest BCUT2D eigenvalue weighted by Gasteiger charge is 2.40. The number of alkyl halides is 2. The van der Waals surface area contributed by atoms with Crippen molar-refractivity contribution < 1.29 is 22.1 Å². The molecule has 0 radical (unpaired) electrons. The van der Waals surface area contributed by atoms with E-state index in [4.69, 9.17) is 4.52 Å². The van der Waals surface area contributed by atoms with Gasteiger partial charge in [0, 0.05) is 35.0 Å². The molecule has 5 rings (SSSR count). The molecular formula is C22H11F4N3O. The van der Waals surface area contributed by atoms with Crippen LogP contribution in [0.5, 0.6) is 0 Å². The molecule has 0 fully saturated rings. The largest absolute Gasteiger partial charge is 0.335 e. The lowest BCUT2D eigenvalue weighted by Gasteiger charge is -2.15. The van der Waals surface area contributed by atoms with Crippen molar-refractivity contribution >= 4 is 22.0 Å². The van der Waals surface area contributed by atoms with Crippen molar-refractivity contribution in [3.63, 3.8) is 0 Å². The lowest BCUT2D eigenvalue weighted by atomic mass is 10.00. The summed E-state index contributed by atoms with van der Waals surface area (Å²) in [6.07, 6.45) is 2.86. The molecule has 0 bridgehead atoms. The monoisotopic (exact) mass is 409 g/mol. The molecule has 0 amide bonds. The van der Waals surface area contributed by atoms with Crippen molar-refractivity contribution in [2.75, 3.05) is 0 Å². The van der Waals surface area contributed by atoms with Gasteiger partial charge in [0.2, 0.25) is 0 Å². The smallest absolute Gasteiger partial charge is 0.319 e. The van der Waals surface area contributed by atoms with E-state index in [-0.39, 0.29) is 27.8 Å². The molecule has 30 heavy (non-hydrogen) atoms. The molecule has 0 saturated carbocycles. The molecule has 5 aromatic rings. The Labute approximate surface area is 166 Å². The van der Waals surface area contributed by atoms with E-state index in [1.54, 1.807) is 18.3 Å². The lowest BCUT2D eigenvalue weighted by Crippen LogP contribution is -2.16. The number of benzene rings is 2. The summed E-state index contributed by atoms with van der Waals surface area (Å²) >= 11 is 0. The van der Waals surface area contributed by atoms with E-state index in [0.29, 0.717) is 10.9 Å². The molecule has 0 aliphatic carbocycles. The number of hydrogen-bond acceptors (Lipinski definition) is 4. The number of hydrogen-bond donors (Lipinski definition) is 0. The SMILES string of the molecule is Fc1cc(F)cc(-c2cnc3onc(C(F)(F)c4ccc5ncccc5c4)c3c2)c1. The van der Waals surface area contributed by atoms with Crippen LogP contribution in [0, 0.1) is 11.6 Å². The Morgan fingerprint density at radius 3 is 2.43 bits per heavy atom. The number of rotatable bonds is 3. The highest BCUT2D eigenvalue weighted by Crippen LogP contribution is 2.40. The summed E-state index contributed by atoms with van der Waals surface area (Å²) < 4.78 is 62.8. The van der Waals surface area contributed by atoms with Crippen LogP contribution < -0.4 is 0 Å². The minimum absolute atomic E-state index is 0.0477. The van der Waals surface area contributed by atoms with Crippen molar-refractivity contribution in [2.24, 2.45) is 0 Å². The predicted octanol–water partition coefficient (Wildman–Crippen LogP) is 5.86. The van der Waals surface area contributed by atoms with Crippen LogP contribution in [0.15, 0.2) is 71.5 Å². The molecule has 0 aliphatic heterocycles. The van der Waals surface area contributed by atoms with Crippen LogP contribution in [0.4, 0.5) is 17.6 Å². The number of halogens is 4. The summed E-state index contributed by atoms with van der Waals surface area (Å²) in [5.41, 5.74) is -0.0303. The fourth-order valence-corrected chi connectivity index (χ4v) is 3.35. The Balaban J connectivity index is 1.65. The first-order valence-corrected chi connectivity index (χ1v) is 8.87. The van der Waals surface area contributed by atoms with E-state index in [0.717, 1.165) is 18.2 Å². The maximum atomic E-state index is 15.4. The Bertz CT molecular complexity index is 1390. The Hall–Kier alpha value is -3.81. The van der Waals surface area contributed by atoms with Gasteiger partial charge in [0.1, 0.15) is 11.6 Å². The number of fused-ring (bicyclic) bond motifs is 2. The van der Waals surface area contributed by atoms with Crippen LogP contribution in [0.1, 0.15) is 11.3 Å². The van der Waals surface area contributed by atoms with E-state index >= 15 is 8.78 Å². The zero-order valence-corrected chi connectivity index (χ0v) is 15.1. The molecule has 0 unspecified atom stereocenters. The van der Waals surface area contributed by atoms with Crippen molar-refractivity contribution in [2.45, 2.75) is 5.92 Å². The summed E-state index contributed by atoms with van der Waals surface area (Å²) in [5, 5.41) is 4.05. The van der Waals surface area contributed by atoms with Gasteiger partial charge in [-0.2, -0.15) is 8.78 Å². The first-order valence-electron chi connectivity index (χ1n) is 8.87. The molecule has 0 N–H and O–H groups in total. The third kappa shape index (κ3) is 2.97. The molecule has 0 spiro atoms. The van der Waals surface area contributed by atoms with Gasteiger partial charge in [-0.15, -0.1) is 0 Å². The Morgan fingerprint density at radius 2 is 1.63 bits per heavy atom. The summed E-state index contributed by atoms with van der Waals surface area (Å²) in [5.74, 6) is -5.07. The highest BCUT2D eigenvalue weighted by atomic mass is 19.3. The summed E-state index contributed by atoms with van der Waals surface area (Å²) in [4.78, 5) is 8.10. The number of pyridine rings is 2. The Kier molecular flexibility index (Phi) is 4.02. The molecule has 4 nitrogen and oxygen atoms in total. The second-order valence-corrected chi connectivity index (χ2v) is 6.75. The van der Waals surface area contributed by atoms with Crippen molar-refractivity contribution in [1.29, 1.82) is 0 Å². The number of nitrogens with zero attached hydrogens (tertiary/aromatic N) is 3. The third-order valence-corrected chi connectivity index (χ3v) is 4.79. The summed E-state index contributed by atoms with van der Waals surface area (Å²) in [6, 6.07) is 11.7. The average molecular weight is 409 g/mol. The van der Waals surface area contributed by atoms with Crippen LogP contribution >= 0.6 is 0 Å². The minimum Gasteiger partial charge on any atom is -0.335 e. The van der Waals surface area contributed by atoms with E-state index in [1.165, 1.54) is 30.5 Å². The highest BCUT2D eigenvalue weighted by molar-refractivity contribution is 5.84. The second kappa shape index (κ2) is 6.62. The maximum Gasteiger partial charge on any atom is 0.319 e. The van der Waals surface area contributed by atoms with Gasteiger partial charge in [-0.05, 0) is 42.0 Å². The molecular weight excluding hydrogens is 398 g/mol. The lowest BCUT2D eigenvalue weighted by molar-refractivity contribution is 0.0362. The van der Waals surface area contributed by atoms with Crippen molar-refractivity contribution in [1.82, 2.24) is 15.1 Å². The first-order chi connectivity index (χ1) is 14.4. The van der Waals surface area contributed by atoms with E-state index in [2.05, 4.69) is 15.1 Å². The zero-order valence-electron chi connectivity index (χ0n) is 15.1. The van der Waals surface area contributed by atoms with Crippen LogP contribution in [0.3, 0.4) is 0 Å². The van der Waals surface area contributed by atoms with Gasteiger partial charge in [0.25, 0.3) is 5.71 Å². The first kappa shape index (κ1) is 18.2. The molecule has 148 valence electrons. The minimum atomic E-state index is -3.50. The molecule has 0 aliphatic rings. The van der Waals surface area contributed by atoms with E-state index < -0.39 is 23.3 Å².